The van der Waals surface area contributed by atoms with Crippen LogP contribution in [0.2, 0.25) is 0 Å². The number of ether oxygens (including phenoxy) is 1. The molecule has 5 rings (SSSR count). The Hall–Kier alpha value is -3.01. The molecule has 0 aliphatic carbocycles. The SMILES string of the molecule is CN(C)Cc1cccc(-n2nc(C(=O)N3CCOCC3)c3c2-c2ccccc2S(=O)(=O)C3)c1. The number of sulfone groups is 1. The van der Waals surface area contributed by atoms with Crippen LogP contribution >= 0.6 is 0 Å². The third kappa shape index (κ3) is 3.96. The number of aromatic nitrogens is 2. The molecule has 0 atom stereocenters. The van der Waals surface area contributed by atoms with E-state index in [2.05, 4.69) is 4.90 Å². The van der Waals surface area contributed by atoms with Crippen LogP contribution in [0.1, 0.15) is 21.6 Å². The van der Waals surface area contributed by atoms with E-state index in [1.807, 2.05) is 44.4 Å². The van der Waals surface area contributed by atoms with Gasteiger partial charge in [-0.25, -0.2) is 13.1 Å². The van der Waals surface area contributed by atoms with Crippen molar-refractivity contribution in [3.8, 4) is 16.9 Å². The summed E-state index contributed by atoms with van der Waals surface area (Å²) in [5.74, 6) is -0.505. The summed E-state index contributed by atoms with van der Waals surface area (Å²) >= 11 is 0. The second-order valence-corrected chi connectivity index (χ2v) is 10.6. The third-order valence-corrected chi connectivity index (χ3v) is 7.64. The second-order valence-electron chi connectivity index (χ2n) is 8.66. The van der Waals surface area contributed by atoms with Gasteiger partial charge >= 0.3 is 0 Å². The van der Waals surface area contributed by atoms with Gasteiger partial charge in [0.1, 0.15) is 0 Å². The number of hydrogen-bond acceptors (Lipinski definition) is 6. The van der Waals surface area contributed by atoms with Crippen LogP contribution in [-0.2, 0) is 26.9 Å². The molecule has 0 bridgehead atoms. The Morgan fingerprint density at radius 2 is 1.85 bits per heavy atom. The van der Waals surface area contributed by atoms with Gasteiger partial charge in [-0.15, -0.1) is 0 Å². The van der Waals surface area contributed by atoms with Crippen LogP contribution in [-0.4, -0.2) is 74.3 Å². The van der Waals surface area contributed by atoms with E-state index >= 15 is 0 Å². The molecule has 33 heavy (non-hydrogen) atoms. The van der Waals surface area contributed by atoms with Crippen LogP contribution in [0.25, 0.3) is 16.9 Å². The van der Waals surface area contributed by atoms with E-state index in [1.165, 1.54) is 0 Å². The number of hydrogen-bond donors (Lipinski definition) is 0. The van der Waals surface area contributed by atoms with Gasteiger partial charge in [0.2, 0.25) is 0 Å². The molecule has 8 nitrogen and oxygen atoms in total. The van der Waals surface area contributed by atoms with Crippen molar-refractivity contribution in [2.75, 3.05) is 40.4 Å². The first-order chi connectivity index (χ1) is 15.8. The van der Waals surface area contributed by atoms with Gasteiger partial charge in [0.15, 0.2) is 15.5 Å². The highest BCUT2D eigenvalue weighted by Gasteiger charge is 2.37. The number of nitrogens with zero attached hydrogens (tertiary/aromatic N) is 4. The summed E-state index contributed by atoms with van der Waals surface area (Å²) in [6.07, 6.45) is 0. The molecule has 2 aliphatic heterocycles. The highest BCUT2D eigenvalue weighted by molar-refractivity contribution is 7.90. The van der Waals surface area contributed by atoms with Gasteiger partial charge in [-0.3, -0.25) is 4.79 Å². The first-order valence-corrected chi connectivity index (χ1v) is 12.6. The maximum atomic E-state index is 13.4. The molecule has 3 heterocycles. The quantitative estimate of drug-likeness (QED) is 0.587. The van der Waals surface area contributed by atoms with Crippen molar-refractivity contribution < 1.29 is 17.9 Å². The molecule has 1 amide bonds. The summed E-state index contributed by atoms with van der Waals surface area (Å²) < 4.78 is 33.4. The average molecular weight is 467 g/mol. The smallest absolute Gasteiger partial charge is 0.274 e. The lowest BCUT2D eigenvalue weighted by Crippen LogP contribution is -2.41. The molecule has 9 heteroatoms. The molecule has 2 aromatic carbocycles. The summed E-state index contributed by atoms with van der Waals surface area (Å²) in [6, 6.07) is 14.9. The normalized spacial score (nSPS) is 17.0. The maximum Gasteiger partial charge on any atom is 0.274 e. The van der Waals surface area contributed by atoms with Gasteiger partial charge in [-0.1, -0.05) is 30.3 Å². The molecule has 0 spiro atoms. The monoisotopic (exact) mass is 466 g/mol. The molecule has 0 radical (unpaired) electrons. The fourth-order valence-electron chi connectivity index (χ4n) is 4.49. The Morgan fingerprint density at radius 1 is 1.09 bits per heavy atom. The number of morpholine rings is 1. The molecular weight excluding hydrogens is 440 g/mol. The standard InChI is InChI=1S/C24H26N4O4S/c1-26(2)15-17-6-5-7-18(14-17)28-23-19-8-3-4-9-21(19)33(30,31)16-20(23)22(25-28)24(29)27-10-12-32-13-11-27/h3-9,14H,10-13,15-16H2,1-2H3. The molecule has 1 fully saturated rings. The number of carbonyl (C=O) groups is 1. The Bertz CT molecular complexity index is 1320. The summed E-state index contributed by atoms with van der Waals surface area (Å²) in [4.78, 5) is 17.5. The number of amides is 1. The molecule has 1 saturated heterocycles. The van der Waals surface area contributed by atoms with Gasteiger partial charge in [-0.05, 0) is 37.9 Å². The lowest BCUT2D eigenvalue weighted by molar-refractivity contribution is 0.0298. The van der Waals surface area contributed by atoms with E-state index in [4.69, 9.17) is 9.84 Å². The number of fused-ring (bicyclic) bond motifs is 3. The lowest BCUT2D eigenvalue weighted by Gasteiger charge is -2.26. The van der Waals surface area contributed by atoms with E-state index < -0.39 is 9.84 Å². The molecular formula is C24H26N4O4S. The third-order valence-electron chi connectivity index (χ3n) is 5.95. The minimum absolute atomic E-state index is 0.197. The Morgan fingerprint density at radius 3 is 2.61 bits per heavy atom. The largest absolute Gasteiger partial charge is 0.378 e. The zero-order valence-electron chi connectivity index (χ0n) is 18.7. The summed E-state index contributed by atoms with van der Waals surface area (Å²) in [5.41, 5.74) is 3.79. The average Bonchev–Trinajstić information content (AvgIpc) is 3.17. The van der Waals surface area contributed by atoms with E-state index in [9.17, 15) is 13.2 Å². The summed E-state index contributed by atoms with van der Waals surface area (Å²) in [5, 5.41) is 4.73. The van der Waals surface area contributed by atoms with E-state index in [0.717, 1.165) is 17.8 Å². The molecule has 0 unspecified atom stereocenters. The molecule has 0 saturated carbocycles. The fraction of sp³-hybridized carbons (Fsp3) is 0.333. The van der Waals surface area contributed by atoms with E-state index in [1.54, 1.807) is 27.8 Å². The first kappa shape index (κ1) is 21.8. The van der Waals surface area contributed by atoms with Crippen LogP contribution in [0.4, 0.5) is 0 Å². The molecule has 0 N–H and O–H groups in total. The van der Waals surface area contributed by atoms with Crippen LogP contribution in [0, 0.1) is 0 Å². The lowest BCUT2D eigenvalue weighted by atomic mass is 10.0. The predicted octanol–water partition coefficient (Wildman–Crippen LogP) is 2.36. The van der Waals surface area contributed by atoms with Gasteiger partial charge in [0.25, 0.3) is 5.91 Å². The highest BCUT2D eigenvalue weighted by atomic mass is 32.2. The van der Waals surface area contributed by atoms with Crippen LogP contribution in [0.5, 0.6) is 0 Å². The van der Waals surface area contributed by atoms with Crippen molar-refractivity contribution in [2.24, 2.45) is 0 Å². The van der Waals surface area contributed by atoms with Crippen molar-refractivity contribution in [3.63, 3.8) is 0 Å². The van der Waals surface area contributed by atoms with Gasteiger partial charge < -0.3 is 14.5 Å². The minimum atomic E-state index is -3.59. The first-order valence-electron chi connectivity index (χ1n) is 10.9. The van der Waals surface area contributed by atoms with Crippen LogP contribution < -0.4 is 0 Å². The minimum Gasteiger partial charge on any atom is -0.378 e. The Balaban J connectivity index is 1.72. The maximum absolute atomic E-state index is 13.4. The van der Waals surface area contributed by atoms with E-state index in [0.29, 0.717) is 43.1 Å². The van der Waals surface area contributed by atoms with E-state index in [-0.39, 0.29) is 22.2 Å². The summed E-state index contributed by atoms with van der Waals surface area (Å²) in [6.45, 7) is 2.59. The molecule has 3 aromatic rings. The zero-order valence-corrected chi connectivity index (χ0v) is 19.5. The number of benzene rings is 2. The second kappa shape index (κ2) is 8.40. The Labute approximate surface area is 193 Å². The van der Waals surface area contributed by atoms with Gasteiger partial charge in [0, 0.05) is 30.8 Å². The van der Waals surface area contributed by atoms with Crippen LogP contribution in [0.3, 0.4) is 0 Å². The van der Waals surface area contributed by atoms with Gasteiger partial charge in [0.05, 0.1) is 35.2 Å². The Kier molecular flexibility index (Phi) is 5.55. The molecule has 2 aliphatic rings. The highest BCUT2D eigenvalue weighted by Crippen LogP contribution is 2.40. The molecule has 172 valence electrons. The predicted molar refractivity (Wildman–Crippen MR) is 124 cm³/mol. The fourth-order valence-corrected chi connectivity index (χ4v) is 6.09. The number of rotatable bonds is 4. The van der Waals surface area contributed by atoms with Crippen molar-refractivity contribution in [1.29, 1.82) is 0 Å². The summed E-state index contributed by atoms with van der Waals surface area (Å²) in [7, 11) is 0.415. The van der Waals surface area contributed by atoms with Crippen molar-refractivity contribution in [2.45, 2.75) is 17.2 Å². The van der Waals surface area contributed by atoms with Gasteiger partial charge in [-0.2, -0.15) is 5.10 Å². The molecule has 1 aromatic heterocycles. The van der Waals surface area contributed by atoms with Crippen LogP contribution in [0.15, 0.2) is 53.4 Å². The zero-order chi connectivity index (χ0) is 23.2. The topological polar surface area (TPSA) is 84.7 Å². The van der Waals surface area contributed by atoms with Crippen molar-refractivity contribution in [3.05, 3.63) is 65.4 Å². The number of carbonyl (C=O) groups excluding carboxylic acids is 1. The van der Waals surface area contributed by atoms with Crippen molar-refractivity contribution >= 4 is 15.7 Å². The van der Waals surface area contributed by atoms with Crippen molar-refractivity contribution in [1.82, 2.24) is 19.6 Å².